The van der Waals surface area contributed by atoms with Gasteiger partial charge in [-0.2, -0.15) is 0 Å². The van der Waals surface area contributed by atoms with E-state index < -0.39 is 5.97 Å². The second-order valence-electron chi connectivity index (χ2n) is 4.77. The molecule has 3 nitrogen and oxygen atoms in total. The number of aromatic nitrogens is 1. The smallest absolute Gasteiger partial charge is 0.352 e. The average Bonchev–Trinajstić information content (AvgIpc) is 2.80. The minimum Gasteiger partial charge on any atom is -0.477 e. The van der Waals surface area contributed by atoms with E-state index >= 15 is 0 Å². The molecule has 0 unspecified atom stereocenters. The summed E-state index contributed by atoms with van der Waals surface area (Å²) < 4.78 is 1.68. The van der Waals surface area contributed by atoms with Crippen LogP contribution in [0.4, 0.5) is 0 Å². The van der Waals surface area contributed by atoms with Gasteiger partial charge in [-0.15, -0.1) is 0 Å². The van der Waals surface area contributed by atoms with E-state index in [0.29, 0.717) is 10.0 Å². The number of carboxylic acids is 1. The van der Waals surface area contributed by atoms with Crippen molar-refractivity contribution in [1.82, 2.24) is 4.57 Å². The Hall–Kier alpha value is -1.97. The maximum atomic E-state index is 11.3. The van der Waals surface area contributed by atoms with Crippen molar-refractivity contribution in [2.75, 3.05) is 0 Å². The minimum atomic E-state index is -0.950. The number of para-hydroxylation sites is 1. The van der Waals surface area contributed by atoms with Gasteiger partial charge in [0.1, 0.15) is 5.69 Å². The molecule has 1 aromatic heterocycles. The van der Waals surface area contributed by atoms with Gasteiger partial charge >= 0.3 is 5.97 Å². The first-order valence-corrected chi connectivity index (χ1v) is 7.02. The molecular formula is C16H11Cl2NO2. The molecular weight excluding hydrogens is 309 g/mol. The molecule has 0 aliphatic carbocycles. The lowest BCUT2D eigenvalue weighted by Gasteiger charge is -2.08. The van der Waals surface area contributed by atoms with Crippen molar-refractivity contribution in [2.45, 2.75) is 0 Å². The lowest BCUT2D eigenvalue weighted by molar-refractivity contribution is 0.0687. The molecule has 0 radical (unpaired) electrons. The first-order chi connectivity index (χ1) is 9.99. The molecule has 0 saturated heterocycles. The Balaban J connectivity index is 2.32. The van der Waals surface area contributed by atoms with E-state index in [-0.39, 0.29) is 5.69 Å². The molecule has 1 N–H and O–H groups in total. The van der Waals surface area contributed by atoms with Crippen molar-refractivity contribution >= 4 is 40.1 Å². The topological polar surface area (TPSA) is 42.2 Å². The average molecular weight is 320 g/mol. The number of aryl methyl sites for hydroxylation is 1. The van der Waals surface area contributed by atoms with Gasteiger partial charge in [-0.3, -0.25) is 0 Å². The van der Waals surface area contributed by atoms with Gasteiger partial charge in [-0.05, 0) is 23.8 Å². The van der Waals surface area contributed by atoms with Crippen LogP contribution >= 0.6 is 23.2 Å². The van der Waals surface area contributed by atoms with Gasteiger partial charge in [0.25, 0.3) is 0 Å². The second-order valence-corrected chi connectivity index (χ2v) is 5.58. The van der Waals surface area contributed by atoms with Crippen molar-refractivity contribution < 1.29 is 9.90 Å². The molecule has 0 aliphatic heterocycles. The molecule has 2 aromatic carbocycles. The number of hydrogen-bond donors (Lipinski definition) is 1. The van der Waals surface area contributed by atoms with E-state index in [4.69, 9.17) is 23.2 Å². The van der Waals surface area contributed by atoms with Crippen LogP contribution in [0.1, 0.15) is 10.5 Å². The van der Waals surface area contributed by atoms with Crippen LogP contribution in [0.3, 0.4) is 0 Å². The van der Waals surface area contributed by atoms with Gasteiger partial charge in [-0.25, -0.2) is 4.79 Å². The highest BCUT2D eigenvalue weighted by Gasteiger charge is 2.15. The van der Waals surface area contributed by atoms with Gasteiger partial charge in [0, 0.05) is 18.0 Å². The first kappa shape index (κ1) is 14.0. The number of nitrogens with zero attached hydrogens (tertiary/aromatic N) is 1. The van der Waals surface area contributed by atoms with Gasteiger partial charge in [0.05, 0.1) is 15.6 Å². The lowest BCUT2D eigenvalue weighted by atomic mass is 10.0. The van der Waals surface area contributed by atoms with Crippen LogP contribution in [0, 0.1) is 0 Å². The summed E-state index contributed by atoms with van der Waals surface area (Å²) in [6.07, 6.45) is 0. The van der Waals surface area contributed by atoms with Gasteiger partial charge < -0.3 is 9.67 Å². The number of halogens is 2. The third kappa shape index (κ3) is 2.28. The minimum absolute atomic E-state index is 0.248. The number of rotatable bonds is 2. The second kappa shape index (κ2) is 5.10. The van der Waals surface area contributed by atoms with Gasteiger partial charge in [0.2, 0.25) is 0 Å². The third-order valence-electron chi connectivity index (χ3n) is 3.51. The maximum Gasteiger partial charge on any atom is 0.352 e. The fourth-order valence-electron chi connectivity index (χ4n) is 2.52. The zero-order valence-corrected chi connectivity index (χ0v) is 12.6. The summed E-state index contributed by atoms with van der Waals surface area (Å²) in [5, 5.41) is 11.1. The van der Waals surface area contributed by atoms with Crippen molar-refractivity contribution in [3.63, 3.8) is 0 Å². The monoisotopic (exact) mass is 319 g/mol. The number of fused-ring (bicyclic) bond motifs is 1. The number of carbonyl (C=O) groups is 1. The van der Waals surface area contributed by atoms with E-state index in [2.05, 4.69) is 0 Å². The molecule has 0 aliphatic rings. The largest absolute Gasteiger partial charge is 0.477 e. The Morgan fingerprint density at radius 2 is 1.86 bits per heavy atom. The fraction of sp³-hybridized carbons (Fsp3) is 0.0625. The summed E-state index contributed by atoms with van der Waals surface area (Å²) in [7, 11) is 1.74. The summed E-state index contributed by atoms with van der Waals surface area (Å²) in [6, 6.07) is 12.8. The molecule has 0 spiro atoms. The molecule has 0 bridgehead atoms. The Bertz CT molecular complexity index is 868. The molecule has 5 heteroatoms. The quantitative estimate of drug-likeness (QED) is 0.733. The molecule has 0 amide bonds. The standard InChI is InChI=1S/C16H11Cl2NO2/c1-19-14(16(20)21)8-10-3-2-4-11(15(10)19)9-5-6-12(17)13(18)7-9/h2-8H,1H3,(H,20,21). The zero-order chi connectivity index (χ0) is 15.1. The maximum absolute atomic E-state index is 11.3. The summed E-state index contributed by atoms with van der Waals surface area (Å²) in [6.45, 7) is 0. The Labute approximate surface area is 131 Å². The number of aromatic carboxylic acids is 1. The van der Waals surface area contributed by atoms with Crippen LogP contribution in [-0.4, -0.2) is 15.6 Å². The zero-order valence-electron chi connectivity index (χ0n) is 11.1. The normalized spacial score (nSPS) is 11.0. The van der Waals surface area contributed by atoms with Crippen LogP contribution in [0.2, 0.25) is 10.0 Å². The fourth-order valence-corrected chi connectivity index (χ4v) is 2.82. The summed E-state index contributed by atoms with van der Waals surface area (Å²) >= 11 is 12.0. The molecule has 0 atom stereocenters. The highest BCUT2D eigenvalue weighted by Crippen LogP contribution is 2.34. The number of benzene rings is 2. The predicted octanol–water partition coefficient (Wildman–Crippen LogP) is 4.85. The van der Waals surface area contributed by atoms with Gasteiger partial charge in [-0.1, -0.05) is 47.5 Å². The van der Waals surface area contributed by atoms with Crippen LogP contribution < -0.4 is 0 Å². The molecule has 0 saturated carbocycles. The van der Waals surface area contributed by atoms with Crippen LogP contribution in [-0.2, 0) is 7.05 Å². The van der Waals surface area contributed by atoms with Crippen molar-refractivity contribution in [2.24, 2.45) is 7.05 Å². The van der Waals surface area contributed by atoms with Crippen LogP contribution in [0.15, 0.2) is 42.5 Å². The SMILES string of the molecule is Cn1c(C(=O)O)cc2cccc(-c3ccc(Cl)c(Cl)c3)c21. The van der Waals surface area contributed by atoms with Crippen molar-refractivity contribution in [3.05, 3.63) is 58.2 Å². The molecule has 106 valence electrons. The molecule has 3 rings (SSSR count). The molecule has 1 heterocycles. The predicted molar refractivity (Wildman–Crippen MR) is 85.3 cm³/mol. The summed E-state index contributed by atoms with van der Waals surface area (Å²) in [5.74, 6) is -0.950. The highest BCUT2D eigenvalue weighted by molar-refractivity contribution is 6.42. The van der Waals surface area contributed by atoms with E-state index in [1.807, 2.05) is 24.3 Å². The molecule has 0 fully saturated rings. The summed E-state index contributed by atoms with van der Waals surface area (Å²) in [5.41, 5.74) is 2.92. The Kier molecular flexibility index (Phi) is 3.40. The Morgan fingerprint density at radius 3 is 2.52 bits per heavy atom. The lowest BCUT2D eigenvalue weighted by Crippen LogP contribution is -2.04. The molecule has 3 aromatic rings. The van der Waals surface area contributed by atoms with E-state index in [1.54, 1.807) is 29.8 Å². The van der Waals surface area contributed by atoms with Gasteiger partial charge in [0.15, 0.2) is 0 Å². The van der Waals surface area contributed by atoms with Crippen molar-refractivity contribution in [3.8, 4) is 11.1 Å². The third-order valence-corrected chi connectivity index (χ3v) is 4.24. The molecule has 21 heavy (non-hydrogen) atoms. The van der Waals surface area contributed by atoms with Crippen LogP contribution in [0.25, 0.3) is 22.0 Å². The summed E-state index contributed by atoms with van der Waals surface area (Å²) in [4.78, 5) is 11.3. The van der Waals surface area contributed by atoms with E-state index in [1.165, 1.54) is 0 Å². The van der Waals surface area contributed by atoms with Crippen LogP contribution in [0.5, 0.6) is 0 Å². The number of hydrogen-bond acceptors (Lipinski definition) is 1. The highest BCUT2D eigenvalue weighted by atomic mass is 35.5. The van der Waals surface area contributed by atoms with E-state index in [0.717, 1.165) is 22.0 Å². The van der Waals surface area contributed by atoms with E-state index in [9.17, 15) is 9.90 Å². The Morgan fingerprint density at radius 1 is 1.10 bits per heavy atom. The van der Waals surface area contributed by atoms with Crippen molar-refractivity contribution in [1.29, 1.82) is 0 Å². The first-order valence-electron chi connectivity index (χ1n) is 6.26. The number of carboxylic acid groups (broad SMARTS) is 1.